The van der Waals surface area contributed by atoms with Crippen molar-refractivity contribution in [1.82, 2.24) is 20.1 Å². The van der Waals surface area contributed by atoms with Crippen molar-refractivity contribution in [3.63, 3.8) is 0 Å². The molecule has 0 unspecified atom stereocenters. The van der Waals surface area contributed by atoms with Gasteiger partial charge in [0.2, 0.25) is 0 Å². The summed E-state index contributed by atoms with van der Waals surface area (Å²) in [5.74, 6) is 0. The van der Waals surface area contributed by atoms with Crippen molar-refractivity contribution >= 4 is 10.9 Å². The second-order valence-corrected chi connectivity index (χ2v) is 6.12. The summed E-state index contributed by atoms with van der Waals surface area (Å²) >= 11 is 0. The molecule has 2 fully saturated rings. The van der Waals surface area contributed by atoms with Crippen molar-refractivity contribution in [1.29, 1.82) is 0 Å². The summed E-state index contributed by atoms with van der Waals surface area (Å²) in [6, 6.07) is 13.5. The number of pyridine rings is 1. The van der Waals surface area contributed by atoms with E-state index in [1.165, 1.54) is 37.3 Å². The Bertz CT molecular complexity index is 615. The maximum Gasteiger partial charge on any atom is 0.0705 e. The first-order valence-electron chi connectivity index (χ1n) is 7.90. The minimum absolute atomic E-state index is 0.783. The van der Waals surface area contributed by atoms with E-state index in [0.717, 1.165) is 31.2 Å². The number of para-hydroxylation sites is 1. The lowest BCUT2D eigenvalue weighted by atomic mass is 10.1. The minimum atomic E-state index is 0.783. The van der Waals surface area contributed by atoms with E-state index in [1.54, 1.807) is 0 Å². The Balaban J connectivity index is 1.39. The summed E-state index contributed by atoms with van der Waals surface area (Å²) in [7, 11) is 0. The lowest BCUT2D eigenvalue weighted by molar-refractivity contribution is 0.0690. The molecule has 0 spiro atoms. The molecule has 0 radical (unpaired) electrons. The van der Waals surface area contributed by atoms with Gasteiger partial charge in [0.15, 0.2) is 0 Å². The van der Waals surface area contributed by atoms with Crippen LogP contribution in [0.1, 0.15) is 5.69 Å². The van der Waals surface area contributed by atoms with Gasteiger partial charge in [-0.1, -0.05) is 24.3 Å². The van der Waals surface area contributed by atoms with Crippen LogP contribution in [0, 0.1) is 0 Å². The molecule has 3 heterocycles. The van der Waals surface area contributed by atoms with Crippen LogP contribution in [0.3, 0.4) is 0 Å². The smallest absolute Gasteiger partial charge is 0.0705 e. The molecular weight excluding hydrogens is 260 g/mol. The second-order valence-electron chi connectivity index (χ2n) is 6.12. The zero-order chi connectivity index (χ0) is 14.1. The van der Waals surface area contributed by atoms with Crippen molar-refractivity contribution < 1.29 is 0 Å². The fourth-order valence-electron chi connectivity index (χ4n) is 3.24. The van der Waals surface area contributed by atoms with Crippen molar-refractivity contribution in [3.05, 3.63) is 42.1 Å². The van der Waals surface area contributed by atoms with E-state index in [0.29, 0.717) is 0 Å². The fraction of sp³-hybridized carbons (Fsp3) is 0.471. The van der Waals surface area contributed by atoms with Crippen LogP contribution < -0.4 is 5.32 Å². The lowest BCUT2D eigenvalue weighted by Crippen LogP contribution is -2.61. The summed E-state index contributed by atoms with van der Waals surface area (Å²) in [6.07, 6.45) is 0. The number of hydrogen-bond acceptors (Lipinski definition) is 4. The third-order valence-corrected chi connectivity index (χ3v) is 4.72. The van der Waals surface area contributed by atoms with Crippen LogP contribution in [-0.4, -0.2) is 60.1 Å². The molecule has 4 rings (SSSR count). The number of aromatic nitrogens is 1. The molecule has 110 valence electrons. The predicted octanol–water partition coefficient (Wildman–Crippen LogP) is 1.32. The van der Waals surface area contributed by atoms with Crippen LogP contribution in [-0.2, 0) is 6.54 Å². The molecular formula is C17H22N4. The van der Waals surface area contributed by atoms with Gasteiger partial charge >= 0.3 is 0 Å². The highest BCUT2D eigenvalue weighted by atomic mass is 15.3. The normalized spacial score (nSPS) is 21.5. The third kappa shape index (κ3) is 2.79. The van der Waals surface area contributed by atoms with E-state index in [2.05, 4.69) is 51.5 Å². The van der Waals surface area contributed by atoms with Gasteiger partial charge in [-0.05, 0) is 12.1 Å². The molecule has 21 heavy (non-hydrogen) atoms. The van der Waals surface area contributed by atoms with Gasteiger partial charge in [-0.2, -0.15) is 0 Å². The zero-order valence-corrected chi connectivity index (χ0v) is 12.3. The van der Waals surface area contributed by atoms with E-state index in [-0.39, 0.29) is 0 Å². The number of rotatable bonds is 3. The van der Waals surface area contributed by atoms with Crippen molar-refractivity contribution in [2.45, 2.75) is 12.6 Å². The van der Waals surface area contributed by atoms with Gasteiger partial charge < -0.3 is 5.32 Å². The number of nitrogens with zero attached hydrogens (tertiary/aromatic N) is 3. The molecule has 1 N–H and O–H groups in total. The van der Waals surface area contributed by atoms with E-state index in [4.69, 9.17) is 4.98 Å². The molecule has 2 aromatic rings. The Hall–Kier alpha value is -1.49. The molecule has 1 aromatic heterocycles. The Morgan fingerprint density at radius 3 is 2.57 bits per heavy atom. The van der Waals surface area contributed by atoms with Gasteiger partial charge in [0.1, 0.15) is 0 Å². The Morgan fingerprint density at radius 2 is 1.81 bits per heavy atom. The number of benzene rings is 1. The molecule has 0 atom stereocenters. The topological polar surface area (TPSA) is 31.4 Å². The van der Waals surface area contributed by atoms with Crippen LogP contribution >= 0.6 is 0 Å². The Labute approximate surface area is 125 Å². The standard InChI is InChI=1S/C17H22N4/c1-2-4-17-14(3-1)5-6-15(19-17)13-20-7-9-21(10-8-20)16-11-18-12-16/h1-6,16,18H,7-13H2. The molecule has 2 saturated heterocycles. The van der Waals surface area contributed by atoms with Gasteiger partial charge in [-0.3, -0.25) is 14.8 Å². The van der Waals surface area contributed by atoms with E-state index >= 15 is 0 Å². The highest BCUT2D eigenvalue weighted by Gasteiger charge is 2.27. The SMILES string of the molecule is c1ccc2nc(CN3CCN(C4CNC4)CC3)ccc2c1. The van der Waals surface area contributed by atoms with Crippen LogP contribution in [0.25, 0.3) is 10.9 Å². The van der Waals surface area contributed by atoms with E-state index in [9.17, 15) is 0 Å². The largest absolute Gasteiger partial charge is 0.314 e. The number of fused-ring (bicyclic) bond motifs is 1. The molecule has 0 amide bonds. The van der Waals surface area contributed by atoms with Crippen molar-refractivity contribution in [2.75, 3.05) is 39.3 Å². The molecule has 2 aliphatic heterocycles. The molecule has 1 aromatic carbocycles. The maximum absolute atomic E-state index is 4.79. The van der Waals surface area contributed by atoms with Gasteiger partial charge in [0.05, 0.1) is 11.2 Å². The monoisotopic (exact) mass is 282 g/mol. The summed E-state index contributed by atoms with van der Waals surface area (Å²) in [4.78, 5) is 9.94. The van der Waals surface area contributed by atoms with Gasteiger partial charge in [0, 0.05) is 57.2 Å². The summed E-state index contributed by atoms with van der Waals surface area (Å²) in [5, 5.41) is 4.59. The predicted molar refractivity (Wildman–Crippen MR) is 85.3 cm³/mol. The number of piperazine rings is 1. The Morgan fingerprint density at radius 1 is 1.00 bits per heavy atom. The minimum Gasteiger partial charge on any atom is -0.314 e. The summed E-state index contributed by atoms with van der Waals surface area (Å²) in [6.45, 7) is 8.02. The van der Waals surface area contributed by atoms with Crippen LogP contribution in [0.2, 0.25) is 0 Å². The van der Waals surface area contributed by atoms with Crippen LogP contribution in [0.4, 0.5) is 0 Å². The van der Waals surface area contributed by atoms with Crippen LogP contribution in [0.5, 0.6) is 0 Å². The van der Waals surface area contributed by atoms with Gasteiger partial charge in [0.25, 0.3) is 0 Å². The number of hydrogen-bond donors (Lipinski definition) is 1. The highest BCUT2D eigenvalue weighted by molar-refractivity contribution is 5.78. The summed E-state index contributed by atoms with van der Waals surface area (Å²) in [5.41, 5.74) is 2.29. The first-order valence-corrected chi connectivity index (χ1v) is 7.90. The van der Waals surface area contributed by atoms with Crippen LogP contribution in [0.15, 0.2) is 36.4 Å². The molecule has 0 saturated carbocycles. The van der Waals surface area contributed by atoms with Crippen molar-refractivity contribution in [3.8, 4) is 0 Å². The molecule has 0 bridgehead atoms. The van der Waals surface area contributed by atoms with Crippen molar-refractivity contribution in [2.24, 2.45) is 0 Å². The third-order valence-electron chi connectivity index (χ3n) is 4.72. The number of nitrogens with one attached hydrogen (secondary N) is 1. The molecule has 4 heteroatoms. The molecule has 0 aliphatic carbocycles. The average Bonchev–Trinajstić information content (AvgIpc) is 2.47. The Kier molecular flexibility index (Phi) is 3.59. The first-order chi connectivity index (χ1) is 10.4. The average molecular weight is 282 g/mol. The zero-order valence-electron chi connectivity index (χ0n) is 12.3. The van der Waals surface area contributed by atoms with Gasteiger partial charge in [-0.15, -0.1) is 0 Å². The van der Waals surface area contributed by atoms with Gasteiger partial charge in [-0.25, -0.2) is 0 Å². The van der Waals surface area contributed by atoms with E-state index < -0.39 is 0 Å². The lowest BCUT2D eigenvalue weighted by Gasteiger charge is -2.43. The first kappa shape index (κ1) is 13.2. The second kappa shape index (κ2) is 5.72. The molecule has 2 aliphatic rings. The fourth-order valence-corrected chi connectivity index (χ4v) is 3.24. The van der Waals surface area contributed by atoms with E-state index in [1.807, 2.05) is 0 Å². The highest BCUT2D eigenvalue weighted by Crippen LogP contribution is 2.15. The maximum atomic E-state index is 4.79. The summed E-state index contributed by atoms with van der Waals surface area (Å²) < 4.78 is 0. The quantitative estimate of drug-likeness (QED) is 0.920. The molecule has 4 nitrogen and oxygen atoms in total.